The van der Waals surface area contributed by atoms with E-state index in [1.165, 1.54) is 0 Å². The third-order valence-corrected chi connectivity index (χ3v) is 3.80. The summed E-state index contributed by atoms with van der Waals surface area (Å²) in [5, 5.41) is 8.86. The molecule has 3 rings (SSSR count). The number of amides is 2. The van der Waals surface area contributed by atoms with Gasteiger partial charge in [-0.3, -0.25) is 9.59 Å². The van der Waals surface area contributed by atoms with Gasteiger partial charge in [-0.05, 0) is 44.5 Å². The molecule has 2 heterocycles. The highest BCUT2D eigenvalue weighted by molar-refractivity contribution is 6.00. The summed E-state index contributed by atoms with van der Waals surface area (Å²) in [5.41, 5.74) is 1.25. The number of ether oxygens (including phenoxy) is 1. The molecule has 6 nitrogen and oxygen atoms in total. The molecule has 1 aromatic carbocycles. The summed E-state index contributed by atoms with van der Waals surface area (Å²) in [6, 6.07) is 5.12. The molecule has 0 bridgehead atoms. The average Bonchev–Trinajstić information content (AvgIpc) is 2.49. The molecule has 0 spiro atoms. The van der Waals surface area contributed by atoms with E-state index in [0.717, 1.165) is 25.8 Å². The Bertz CT molecular complexity index is 567. The first-order valence-corrected chi connectivity index (χ1v) is 7.29. The third-order valence-electron chi connectivity index (χ3n) is 3.80. The second kappa shape index (κ2) is 5.73. The van der Waals surface area contributed by atoms with Gasteiger partial charge in [-0.25, -0.2) is 0 Å². The van der Waals surface area contributed by atoms with E-state index in [2.05, 4.69) is 16.0 Å². The van der Waals surface area contributed by atoms with E-state index in [-0.39, 0.29) is 17.9 Å². The van der Waals surface area contributed by atoms with Crippen LogP contribution in [0, 0.1) is 0 Å². The molecule has 0 saturated carbocycles. The molecule has 2 amide bonds. The lowest BCUT2D eigenvalue weighted by Gasteiger charge is -2.25. The van der Waals surface area contributed by atoms with E-state index in [4.69, 9.17) is 4.74 Å². The van der Waals surface area contributed by atoms with Crippen molar-refractivity contribution < 1.29 is 14.3 Å². The number of hydrogen-bond donors (Lipinski definition) is 3. The fourth-order valence-electron chi connectivity index (χ4n) is 2.59. The molecule has 2 atom stereocenters. The van der Waals surface area contributed by atoms with Crippen molar-refractivity contribution >= 4 is 23.2 Å². The summed E-state index contributed by atoms with van der Waals surface area (Å²) >= 11 is 0. The molecule has 1 unspecified atom stereocenters. The van der Waals surface area contributed by atoms with Gasteiger partial charge in [-0.1, -0.05) is 6.42 Å². The number of nitrogens with one attached hydrogen (secondary N) is 3. The van der Waals surface area contributed by atoms with Crippen LogP contribution in [0.25, 0.3) is 0 Å². The topological polar surface area (TPSA) is 79.5 Å². The maximum Gasteiger partial charge on any atom is 0.265 e. The fraction of sp³-hybridized carbons (Fsp3) is 0.467. The summed E-state index contributed by atoms with van der Waals surface area (Å²) in [6.45, 7) is 2.58. The molecule has 21 heavy (non-hydrogen) atoms. The van der Waals surface area contributed by atoms with Gasteiger partial charge in [0, 0.05) is 5.69 Å². The van der Waals surface area contributed by atoms with E-state index in [9.17, 15) is 9.59 Å². The molecule has 6 heteroatoms. The fourth-order valence-corrected chi connectivity index (χ4v) is 2.59. The zero-order valence-electron chi connectivity index (χ0n) is 11.9. The van der Waals surface area contributed by atoms with Crippen molar-refractivity contribution in [2.45, 2.75) is 38.3 Å². The van der Waals surface area contributed by atoms with Crippen LogP contribution in [0.1, 0.15) is 26.2 Å². The van der Waals surface area contributed by atoms with Crippen molar-refractivity contribution in [3.8, 4) is 5.75 Å². The molecular weight excluding hydrogens is 270 g/mol. The smallest absolute Gasteiger partial charge is 0.265 e. The van der Waals surface area contributed by atoms with E-state index in [1.807, 2.05) is 0 Å². The van der Waals surface area contributed by atoms with Crippen LogP contribution in [-0.4, -0.2) is 30.5 Å². The lowest BCUT2D eigenvalue weighted by molar-refractivity contribution is -0.122. The summed E-state index contributed by atoms with van der Waals surface area (Å²) in [4.78, 5) is 23.8. The zero-order chi connectivity index (χ0) is 14.8. The van der Waals surface area contributed by atoms with Crippen LogP contribution in [0.3, 0.4) is 0 Å². The summed E-state index contributed by atoms with van der Waals surface area (Å²) < 4.78 is 5.48. The summed E-state index contributed by atoms with van der Waals surface area (Å²) in [6.07, 6.45) is 2.54. The van der Waals surface area contributed by atoms with Crippen molar-refractivity contribution in [3.05, 3.63) is 18.2 Å². The van der Waals surface area contributed by atoms with Crippen molar-refractivity contribution in [2.24, 2.45) is 0 Å². The molecule has 0 aromatic heterocycles. The number of fused-ring (bicyclic) bond motifs is 1. The highest BCUT2D eigenvalue weighted by Gasteiger charge is 2.24. The largest absolute Gasteiger partial charge is 0.479 e. The second-order valence-corrected chi connectivity index (χ2v) is 5.45. The molecule has 0 radical (unpaired) electrons. The van der Waals surface area contributed by atoms with Gasteiger partial charge in [0.15, 0.2) is 6.10 Å². The van der Waals surface area contributed by atoms with E-state index in [1.54, 1.807) is 25.1 Å². The van der Waals surface area contributed by atoms with Crippen LogP contribution in [0.5, 0.6) is 5.75 Å². The lowest BCUT2D eigenvalue weighted by Crippen LogP contribution is -2.43. The van der Waals surface area contributed by atoms with E-state index in [0.29, 0.717) is 17.1 Å². The van der Waals surface area contributed by atoms with Gasteiger partial charge < -0.3 is 20.7 Å². The van der Waals surface area contributed by atoms with Crippen LogP contribution < -0.4 is 20.7 Å². The van der Waals surface area contributed by atoms with Crippen molar-refractivity contribution in [3.63, 3.8) is 0 Å². The number of hydrogen-bond acceptors (Lipinski definition) is 4. The standard InChI is InChI=1S/C15H19N3O3/c1-9-14(19)18-12-8-10(5-6-13(12)21-9)17-15(20)11-4-2-3-7-16-11/h5-6,8-9,11,16H,2-4,7H2,1H3,(H,17,20)(H,18,19)/t9?,11-/m0/s1. The van der Waals surface area contributed by atoms with Crippen LogP contribution in [0.4, 0.5) is 11.4 Å². The molecule has 0 aliphatic carbocycles. The Morgan fingerprint density at radius 2 is 2.24 bits per heavy atom. The Morgan fingerprint density at radius 3 is 3.00 bits per heavy atom. The van der Waals surface area contributed by atoms with Crippen LogP contribution in [0.15, 0.2) is 18.2 Å². The number of carbonyl (C=O) groups excluding carboxylic acids is 2. The van der Waals surface area contributed by atoms with E-state index >= 15 is 0 Å². The van der Waals surface area contributed by atoms with Gasteiger partial charge in [0.25, 0.3) is 5.91 Å². The molecule has 3 N–H and O–H groups in total. The summed E-state index contributed by atoms with van der Waals surface area (Å²) in [7, 11) is 0. The molecular formula is C15H19N3O3. The quantitative estimate of drug-likeness (QED) is 0.770. The predicted octanol–water partition coefficient (Wildman–Crippen LogP) is 1.49. The summed E-state index contributed by atoms with van der Waals surface area (Å²) in [5.74, 6) is 0.405. The Morgan fingerprint density at radius 1 is 1.38 bits per heavy atom. The Hall–Kier alpha value is -2.08. The number of piperidine rings is 1. The second-order valence-electron chi connectivity index (χ2n) is 5.45. The van der Waals surface area contributed by atoms with Crippen LogP contribution >= 0.6 is 0 Å². The molecule has 2 aliphatic heterocycles. The predicted molar refractivity (Wildman–Crippen MR) is 79.4 cm³/mol. The molecule has 1 aromatic rings. The normalized spacial score (nSPS) is 24.5. The average molecular weight is 289 g/mol. The highest BCUT2D eigenvalue weighted by atomic mass is 16.5. The molecule has 2 aliphatic rings. The zero-order valence-corrected chi connectivity index (χ0v) is 11.9. The van der Waals surface area contributed by atoms with Gasteiger partial charge >= 0.3 is 0 Å². The van der Waals surface area contributed by atoms with Gasteiger partial charge in [-0.15, -0.1) is 0 Å². The van der Waals surface area contributed by atoms with Gasteiger partial charge in [0.05, 0.1) is 11.7 Å². The van der Waals surface area contributed by atoms with Crippen LogP contribution in [0.2, 0.25) is 0 Å². The van der Waals surface area contributed by atoms with Crippen molar-refractivity contribution in [2.75, 3.05) is 17.2 Å². The minimum atomic E-state index is -0.496. The maximum atomic E-state index is 12.2. The first-order chi connectivity index (χ1) is 10.1. The van der Waals surface area contributed by atoms with Gasteiger partial charge in [0.1, 0.15) is 5.75 Å². The van der Waals surface area contributed by atoms with Crippen LogP contribution in [-0.2, 0) is 9.59 Å². The number of rotatable bonds is 2. The number of anilines is 2. The number of benzene rings is 1. The minimum Gasteiger partial charge on any atom is -0.479 e. The van der Waals surface area contributed by atoms with E-state index < -0.39 is 6.10 Å². The number of carbonyl (C=O) groups is 2. The van der Waals surface area contributed by atoms with Gasteiger partial charge in [0.2, 0.25) is 5.91 Å². The first kappa shape index (κ1) is 13.9. The maximum absolute atomic E-state index is 12.2. The Labute approximate surface area is 123 Å². The molecule has 1 fully saturated rings. The first-order valence-electron chi connectivity index (χ1n) is 7.29. The SMILES string of the molecule is CC1Oc2ccc(NC(=O)[C@@H]3CCCCN3)cc2NC1=O. The highest BCUT2D eigenvalue weighted by Crippen LogP contribution is 2.32. The minimum absolute atomic E-state index is 0.0360. The monoisotopic (exact) mass is 289 g/mol. The van der Waals surface area contributed by atoms with Gasteiger partial charge in [-0.2, -0.15) is 0 Å². The van der Waals surface area contributed by atoms with Crippen molar-refractivity contribution in [1.82, 2.24) is 5.32 Å². The Kier molecular flexibility index (Phi) is 3.79. The molecule has 112 valence electrons. The third kappa shape index (κ3) is 3.00. The van der Waals surface area contributed by atoms with Crippen molar-refractivity contribution in [1.29, 1.82) is 0 Å². The Balaban J connectivity index is 1.70. The lowest BCUT2D eigenvalue weighted by atomic mass is 10.0. The molecule has 1 saturated heterocycles.